The zero-order valence-corrected chi connectivity index (χ0v) is 12.5. The van der Waals surface area contributed by atoms with E-state index in [-0.39, 0.29) is 5.75 Å². The Bertz CT molecular complexity index is 671. The summed E-state index contributed by atoms with van der Waals surface area (Å²) in [4.78, 5) is 0.305. The van der Waals surface area contributed by atoms with Gasteiger partial charge >= 0.3 is 0 Å². The normalized spacial score (nSPS) is 11.8. The number of benzene rings is 2. The fourth-order valence-electron chi connectivity index (χ4n) is 1.98. The molecule has 0 bridgehead atoms. The minimum absolute atomic E-state index is 0.00922. The molecule has 0 radical (unpaired) electrons. The van der Waals surface area contributed by atoms with Gasteiger partial charge in [-0.3, -0.25) is 0 Å². The summed E-state index contributed by atoms with van der Waals surface area (Å²) < 4.78 is 24.6. The summed E-state index contributed by atoms with van der Waals surface area (Å²) in [5, 5.41) is 0. The van der Waals surface area contributed by atoms with E-state index in [9.17, 15) is 8.42 Å². The fourth-order valence-corrected chi connectivity index (χ4v) is 3.33. The van der Waals surface area contributed by atoms with Crippen molar-refractivity contribution in [1.29, 1.82) is 0 Å². The van der Waals surface area contributed by atoms with Crippen LogP contribution in [-0.4, -0.2) is 8.42 Å². The maximum Gasteiger partial charge on any atom is 0.182 e. The van der Waals surface area contributed by atoms with Gasteiger partial charge in [-0.1, -0.05) is 38.1 Å². The molecule has 0 saturated heterocycles. The molecule has 20 heavy (non-hydrogen) atoms. The van der Waals surface area contributed by atoms with Gasteiger partial charge in [0.15, 0.2) is 9.84 Å². The molecule has 2 aromatic carbocycles. The molecule has 0 aromatic heterocycles. The van der Waals surface area contributed by atoms with Crippen LogP contribution >= 0.6 is 0 Å². The minimum atomic E-state index is -3.32. The van der Waals surface area contributed by atoms with Crippen LogP contribution in [0.4, 0.5) is 5.69 Å². The van der Waals surface area contributed by atoms with Gasteiger partial charge in [0.25, 0.3) is 0 Å². The molecule has 0 atom stereocenters. The van der Waals surface area contributed by atoms with Crippen LogP contribution in [0, 0.1) is 0 Å². The second-order valence-electron chi connectivity index (χ2n) is 5.22. The summed E-state index contributed by atoms with van der Waals surface area (Å²) in [5.41, 5.74) is 8.14. The van der Waals surface area contributed by atoms with Crippen molar-refractivity contribution in [2.24, 2.45) is 0 Å². The standard InChI is InChI=1S/C16H19NO2S/c1-12(2)14-5-3-13(4-6-14)11-20(18,19)16-9-7-15(17)8-10-16/h3-10,12H,11,17H2,1-2H3. The highest BCUT2D eigenvalue weighted by molar-refractivity contribution is 7.90. The Morgan fingerprint density at radius 2 is 1.50 bits per heavy atom. The molecule has 2 rings (SSSR count). The Kier molecular flexibility index (Phi) is 4.14. The lowest BCUT2D eigenvalue weighted by molar-refractivity contribution is 0.595. The van der Waals surface area contributed by atoms with Crippen molar-refractivity contribution in [2.45, 2.75) is 30.4 Å². The van der Waals surface area contributed by atoms with Crippen molar-refractivity contribution in [3.8, 4) is 0 Å². The minimum Gasteiger partial charge on any atom is -0.399 e. The predicted octanol–water partition coefficient (Wildman–Crippen LogP) is 3.37. The molecule has 4 heteroatoms. The third-order valence-corrected chi connectivity index (χ3v) is 4.95. The Morgan fingerprint density at radius 3 is 2.00 bits per heavy atom. The van der Waals surface area contributed by atoms with Gasteiger partial charge in [0.1, 0.15) is 0 Å². The highest BCUT2D eigenvalue weighted by Gasteiger charge is 2.15. The van der Waals surface area contributed by atoms with Gasteiger partial charge in [-0.15, -0.1) is 0 Å². The number of anilines is 1. The molecule has 3 nitrogen and oxygen atoms in total. The first-order valence-electron chi connectivity index (χ1n) is 6.55. The highest BCUT2D eigenvalue weighted by atomic mass is 32.2. The van der Waals surface area contributed by atoms with Gasteiger partial charge < -0.3 is 5.73 Å². The highest BCUT2D eigenvalue weighted by Crippen LogP contribution is 2.20. The van der Waals surface area contributed by atoms with Crippen molar-refractivity contribution in [1.82, 2.24) is 0 Å². The number of nitrogens with two attached hydrogens (primary N) is 1. The maximum atomic E-state index is 12.3. The number of rotatable bonds is 4. The molecule has 0 aliphatic rings. The zero-order chi connectivity index (χ0) is 14.8. The molecule has 0 saturated carbocycles. The van der Waals surface area contributed by atoms with E-state index >= 15 is 0 Å². The molecule has 2 N–H and O–H groups in total. The quantitative estimate of drug-likeness (QED) is 0.878. The average molecular weight is 289 g/mol. The molecule has 0 unspecified atom stereocenters. The van der Waals surface area contributed by atoms with Crippen LogP contribution < -0.4 is 5.73 Å². The van der Waals surface area contributed by atoms with Crippen LogP contribution in [0.2, 0.25) is 0 Å². The van der Waals surface area contributed by atoms with Crippen molar-refractivity contribution < 1.29 is 8.42 Å². The molecular formula is C16H19NO2S. The molecule has 106 valence electrons. The predicted molar refractivity (Wildman–Crippen MR) is 82.3 cm³/mol. The van der Waals surface area contributed by atoms with Gasteiger partial charge in [-0.25, -0.2) is 8.42 Å². The van der Waals surface area contributed by atoms with Crippen molar-refractivity contribution >= 4 is 15.5 Å². The summed E-state index contributed by atoms with van der Waals surface area (Å²) in [5.74, 6) is 0.452. The lowest BCUT2D eigenvalue weighted by Gasteiger charge is -2.08. The van der Waals surface area contributed by atoms with E-state index in [0.717, 1.165) is 5.56 Å². The molecule has 0 amide bonds. The zero-order valence-electron chi connectivity index (χ0n) is 11.7. The second kappa shape index (κ2) is 5.67. The summed E-state index contributed by atoms with van der Waals surface area (Å²) in [6, 6.07) is 14.0. The van der Waals surface area contributed by atoms with E-state index in [1.54, 1.807) is 24.3 Å². The molecule has 0 aliphatic carbocycles. The molecule has 2 aromatic rings. The first kappa shape index (κ1) is 14.6. The van der Waals surface area contributed by atoms with Crippen molar-refractivity contribution in [3.63, 3.8) is 0 Å². The number of hydrogen-bond acceptors (Lipinski definition) is 3. The Hall–Kier alpha value is -1.81. The lowest BCUT2D eigenvalue weighted by atomic mass is 10.0. The summed E-state index contributed by atoms with van der Waals surface area (Å²) >= 11 is 0. The summed E-state index contributed by atoms with van der Waals surface area (Å²) in [7, 11) is -3.32. The van der Waals surface area contributed by atoms with Crippen LogP contribution in [0.1, 0.15) is 30.9 Å². The average Bonchev–Trinajstić information content (AvgIpc) is 2.39. The Balaban J connectivity index is 2.22. The van der Waals surface area contributed by atoms with E-state index in [1.807, 2.05) is 24.3 Å². The van der Waals surface area contributed by atoms with Crippen LogP contribution in [0.15, 0.2) is 53.4 Å². The van der Waals surface area contributed by atoms with E-state index in [2.05, 4.69) is 13.8 Å². The molecule has 0 aliphatic heterocycles. The summed E-state index contributed by atoms with van der Waals surface area (Å²) in [6.45, 7) is 4.22. The van der Waals surface area contributed by atoms with Crippen molar-refractivity contribution in [3.05, 3.63) is 59.7 Å². The number of nitrogen functional groups attached to an aromatic ring is 1. The first-order valence-corrected chi connectivity index (χ1v) is 8.21. The third-order valence-electron chi connectivity index (χ3n) is 3.24. The molecule has 0 fully saturated rings. The van der Waals surface area contributed by atoms with E-state index in [0.29, 0.717) is 16.5 Å². The van der Waals surface area contributed by atoms with Crippen LogP contribution in [-0.2, 0) is 15.6 Å². The van der Waals surface area contributed by atoms with Crippen LogP contribution in [0.25, 0.3) is 0 Å². The van der Waals surface area contributed by atoms with Gasteiger partial charge in [-0.2, -0.15) is 0 Å². The topological polar surface area (TPSA) is 60.2 Å². The Morgan fingerprint density at radius 1 is 0.950 bits per heavy atom. The molecule has 0 heterocycles. The molecular weight excluding hydrogens is 270 g/mol. The van der Waals surface area contributed by atoms with Crippen LogP contribution in [0.3, 0.4) is 0 Å². The van der Waals surface area contributed by atoms with Crippen LogP contribution in [0.5, 0.6) is 0 Å². The summed E-state index contributed by atoms with van der Waals surface area (Å²) in [6.07, 6.45) is 0. The first-order chi connectivity index (χ1) is 9.38. The van der Waals surface area contributed by atoms with Gasteiger partial charge in [0.05, 0.1) is 10.6 Å². The lowest BCUT2D eigenvalue weighted by Crippen LogP contribution is -2.05. The molecule has 0 spiro atoms. The van der Waals surface area contributed by atoms with Gasteiger partial charge in [-0.05, 0) is 41.3 Å². The monoisotopic (exact) mass is 289 g/mol. The number of hydrogen-bond donors (Lipinski definition) is 1. The third kappa shape index (κ3) is 3.39. The van der Waals surface area contributed by atoms with Crippen molar-refractivity contribution in [2.75, 3.05) is 5.73 Å². The second-order valence-corrected chi connectivity index (χ2v) is 7.21. The fraction of sp³-hybridized carbons (Fsp3) is 0.250. The Labute approximate surface area is 120 Å². The van der Waals surface area contributed by atoms with E-state index in [4.69, 9.17) is 5.73 Å². The number of sulfone groups is 1. The largest absolute Gasteiger partial charge is 0.399 e. The van der Waals surface area contributed by atoms with Gasteiger partial charge in [0, 0.05) is 5.69 Å². The van der Waals surface area contributed by atoms with E-state index in [1.165, 1.54) is 5.56 Å². The SMILES string of the molecule is CC(C)c1ccc(CS(=O)(=O)c2ccc(N)cc2)cc1. The van der Waals surface area contributed by atoms with Gasteiger partial charge in [0.2, 0.25) is 0 Å². The smallest absolute Gasteiger partial charge is 0.182 e. The maximum absolute atomic E-state index is 12.3. The van der Waals surface area contributed by atoms with E-state index < -0.39 is 9.84 Å².